The highest BCUT2D eigenvalue weighted by atomic mass is 32.2. The lowest BCUT2D eigenvalue weighted by Crippen LogP contribution is -2.40. The van der Waals surface area contributed by atoms with E-state index in [9.17, 15) is 13.5 Å². The molecule has 1 fully saturated rings. The molecule has 1 aromatic rings. The molecule has 0 spiro atoms. The van der Waals surface area contributed by atoms with Crippen LogP contribution in [0.25, 0.3) is 0 Å². The van der Waals surface area contributed by atoms with Gasteiger partial charge in [-0.1, -0.05) is 44.4 Å². The SMILES string of the molecule is CCCC[C@H]1O[C@]1([C@H](O)CC)S(=O)(=O)c1ccc(C)cc1. The third-order valence-electron chi connectivity index (χ3n) is 4.14. The molecule has 0 bridgehead atoms. The zero-order chi connectivity index (χ0) is 15.7. The molecule has 0 aliphatic carbocycles. The lowest BCUT2D eigenvalue weighted by atomic mass is 10.1. The average molecular weight is 312 g/mol. The van der Waals surface area contributed by atoms with Gasteiger partial charge < -0.3 is 9.84 Å². The fourth-order valence-corrected chi connectivity index (χ4v) is 4.83. The van der Waals surface area contributed by atoms with Gasteiger partial charge in [-0.15, -0.1) is 0 Å². The van der Waals surface area contributed by atoms with Gasteiger partial charge in [0, 0.05) is 0 Å². The van der Waals surface area contributed by atoms with Gasteiger partial charge in [-0.05, 0) is 31.9 Å². The van der Waals surface area contributed by atoms with Gasteiger partial charge >= 0.3 is 0 Å². The summed E-state index contributed by atoms with van der Waals surface area (Å²) < 4.78 is 31.4. The Bertz CT molecular complexity index is 579. The van der Waals surface area contributed by atoms with Crippen molar-refractivity contribution in [2.45, 2.75) is 68.5 Å². The molecule has 2 rings (SSSR count). The van der Waals surface area contributed by atoms with Crippen molar-refractivity contribution in [3.63, 3.8) is 0 Å². The third kappa shape index (κ3) is 2.74. The molecule has 21 heavy (non-hydrogen) atoms. The van der Waals surface area contributed by atoms with Crippen molar-refractivity contribution in [2.24, 2.45) is 0 Å². The lowest BCUT2D eigenvalue weighted by molar-refractivity contribution is 0.111. The molecule has 1 aromatic carbocycles. The molecule has 1 aliphatic rings. The molecule has 0 saturated carbocycles. The maximum absolute atomic E-state index is 12.9. The second-order valence-corrected chi connectivity index (χ2v) is 7.83. The van der Waals surface area contributed by atoms with Gasteiger partial charge in [0.05, 0.1) is 4.90 Å². The van der Waals surface area contributed by atoms with Crippen molar-refractivity contribution in [1.82, 2.24) is 0 Å². The smallest absolute Gasteiger partial charge is 0.225 e. The maximum atomic E-state index is 12.9. The van der Waals surface area contributed by atoms with E-state index in [-0.39, 0.29) is 4.90 Å². The highest BCUT2D eigenvalue weighted by molar-refractivity contribution is 7.93. The van der Waals surface area contributed by atoms with Gasteiger partial charge in [-0.25, -0.2) is 8.42 Å². The van der Waals surface area contributed by atoms with Crippen LogP contribution in [-0.4, -0.2) is 30.7 Å². The fourth-order valence-electron chi connectivity index (χ4n) is 2.73. The van der Waals surface area contributed by atoms with Crippen LogP contribution in [-0.2, 0) is 14.6 Å². The van der Waals surface area contributed by atoms with Crippen LogP contribution in [0.5, 0.6) is 0 Å². The van der Waals surface area contributed by atoms with Crippen LogP contribution in [0.3, 0.4) is 0 Å². The van der Waals surface area contributed by atoms with E-state index in [0.29, 0.717) is 12.8 Å². The highest BCUT2D eigenvalue weighted by Gasteiger charge is 2.69. The molecule has 1 saturated heterocycles. The van der Waals surface area contributed by atoms with Crippen LogP contribution in [0.4, 0.5) is 0 Å². The van der Waals surface area contributed by atoms with Crippen LogP contribution in [0.15, 0.2) is 29.2 Å². The fraction of sp³-hybridized carbons (Fsp3) is 0.625. The Morgan fingerprint density at radius 2 is 1.90 bits per heavy atom. The minimum absolute atomic E-state index is 0.222. The molecule has 1 N–H and O–H groups in total. The standard InChI is InChI=1S/C16H24O4S/c1-4-6-7-15-16(20-15,14(17)5-2)21(18,19)13-10-8-12(3)9-11-13/h8-11,14-15,17H,4-7H2,1-3H3/t14-,15-,16-/m1/s1. The summed E-state index contributed by atoms with van der Waals surface area (Å²) in [5.74, 6) is 0. The number of ether oxygens (including phenoxy) is 1. The molecule has 0 radical (unpaired) electrons. The Hall–Kier alpha value is -0.910. The quantitative estimate of drug-likeness (QED) is 0.786. The second kappa shape index (κ2) is 6.07. The lowest BCUT2D eigenvalue weighted by Gasteiger charge is -2.19. The Balaban J connectivity index is 2.36. The molecule has 3 atom stereocenters. The summed E-state index contributed by atoms with van der Waals surface area (Å²) in [6.07, 6.45) is 1.49. The third-order valence-corrected chi connectivity index (χ3v) is 6.50. The van der Waals surface area contributed by atoms with E-state index in [4.69, 9.17) is 4.74 Å². The Morgan fingerprint density at radius 3 is 2.43 bits per heavy atom. The number of sulfone groups is 1. The zero-order valence-electron chi connectivity index (χ0n) is 12.9. The number of benzene rings is 1. The normalized spacial score (nSPS) is 26.6. The Morgan fingerprint density at radius 1 is 1.29 bits per heavy atom. The molecule has 5 heteroatoms. The average Bonchev–Trinajstić information content (AvgIpc) is 3.21. The molecular weight excluding hydrogens is 288 g/mol. The van der Waals surface area contributed by atoms with Crippen LogP contribution in [0, 0.1) is 6.92 Å². The highest BCUT2D eigenvalue weighted by Crippen LogP contribution is 2.50. The van der Waals surface area contributed by atoms with E-state index >= 15 is 0 Å². The first kappa shape index (κ1) is 16.5. The van der Waals surface area contributed by atoms with E-state index < -0.39 is 27.0 Å². The summed E-state index contributed by atoms with van der Waals surface area (Å²) in [6, 6.07) is 6.71. The van der Waals surface area contributed by atoms with Gasteiger partial charge in [0.15, 0.2) is 0 Å². The van der Waals surface area contributed by atoms with Crippen molar-refractivity contribution in [1.29, 1.82) is 0 Å². The molecule has 4 nitrogen and oxygen atoms in total. The molecular formula is C16H24O4S. The van der Waals surface area contributed by atoms with Gasteiger partial charge in [-0.3, -0.25) is 0 Å². The van der Waals surface area contributed by atoms with E-state index in [1.807, 2.05) is 6.92 Å². The molecule has 0 amide bonds. The van der Waals surface area contributed by atoms with E-state index in [0.717, 1.165) is 18.4 Å². The number of hydrogen-bond donors (Lipinski definition) is 1. The molecule has 0 aromatic heterocycles. The summed E-state index contributed by atoms with van der Waals surface area (Å²) in [5, 5.41) is 10.3. The van der Waals surface area contributed by atoms with Gasteiger partial charge in [0.2, 0.25) is 14.8 Å². The van der Waals surface area contributed by atoms with E-state index in [1.165, 1.54) is 0 Å². The van der Waals surface area contributed by atoms with Crippen LogP contribution in [0.1, 0.15) is 45.1 Å². The van der Waals surface area contributed by atoms with Crippen LogP contribution < -0.4 is 0 Å². The number of unbranched alkanes of at least 4 members (excludes halogenated alkanes) is 1. The number of hydrogen-bond acceptors (Lipinski definition) is 4. The van der Waals surface area contributed by atoms with Crippen molar-refractivity contribution >= 4 is 9.84 Å². The van der Waals surface area contributed by atoms with Crippen LogP contribution in [0.2, 0.25) is 0 Å². The van der Waals surface area contributed by atoms with Crippen molar-refractivity contribution < 1.29 is 18.3 Å². The predicted octanol–water partition coefficient (Wildman–Crippen LogP) is 2.82. The monoisotopic (exact) mass is 312 g/mol. The number of aliphatic hydroxyl groups excluding tert-OH is 1. The van der Waals surface area contributed by atoms with E-state index in [2.05, 4.69) is 6.92 Å². The van der Waals surface area contributed by atoms with Crippen LogP contribution >= 0.6 is 0 Å². The number of aryl methyl sites for hydroxylation is 1. The Kier molecular flexibility index (Phi) is 4.76. The maximum Gasteiger partial charge on any atom is 0.225 e. The van der Waals surface area contributed by atoms with E-state index in [1.54, 1.807) is 31.2 Å². The van der Waals surface area contributed by atoms with Crippen molar-refractivity contribution in [2.75, 3.05) is 0 Å². The minimum atomic E-state index is -3.71. The first-order valence-corrected chi connectivity index (χ1v) is 9.05. The first-order valence-electron chi connectivity index (χ1n) is 7.57. The summed E-state index contributed by atoms with van der Waals surface area (Å²) >= 11 is 0. The topological polar surface area (TPSA) is 66.9 Å². The van der Waals surface area contributed by atoms with Crippen molar-refractivity contribution in [3.05, 3.63) is 29.8 Å². The number of rotatable bonds is 7. The van der Waals surface area contributed by atoms with Gasteiger partial charge in [0.25, 0.3) is 0 Å². The zero-order valence-corrected chi connectivity index (χ0v) is 13.7. The summed E-state index contributed by atoms with van der Waals surface area (Å²) in [6.45, 7) is 5.73. The van der Waals surface area contributed by atoms with Crippen molar-refractivity contribution in [3.8, 4) is 0 Å². The molecule has 1 aliphatic heterocycles. The molecule has 0 unspecified atom stereocenters. The summed E-state index contributed by atoms with van der Waals surface area (Å²) in [4.78, 5) is -1.23. The first-order chi connectivity index (χ1) is 9.90. The molecule has 1 heterocycles. The summed E-state index contributed by atoms with van der Waals surface area (Å²) in [7, 11) is -3.71. The summed E-state index contributed by atoms with van der Waals surface area (Å²) in [5.41, 5.74) is 0.998. The van der Waals surface area contributed by atoms with Gasteiger partial charge in [-0.2, -0.15) is 0 Å². The predicted molar refractivity (Wildman–Crippen MR) is 81.8 cm³/mol. The Labute approximate surface area is 127 Å². The second-order valence-electron chi connectivity index (χ2n) is 5.71. The minimum Gasteiger partial charge on any atom is -0.389 e. The molecule has 118 valence electrons. The van der Waals surface area contributed by atoms with Gasteiger partial charge in [0.1, 0.15) is 12.2 Å². The largest absolute Gasteiger partial charge is 0.389 e. The number of aliphatic hydroxyl groups is 1. The number of epoxide rings is 1.